The van der Waals surface area contributed by atoms with Crippen molar-refractivity contribution in [2.45, 2.75) is 19.9 Å². The van der Waals surface area contributed by atoms with Gasteiger partial charge in [-0.25, -0.2) is 0 Å². The number of H-pyrrole nitrogens is 1. The van der Waals surface area contributed by atoms with Crippen LogP contribution < -0.4 is 10.1 Å². The van der Waals surface area contributed by atoms with E-state index in [1.54, 1.807) is 11.7 Å². The van der Waals surface area contributed by atoms with Gasteiger partial charge in [-0.2, -0.15) is 5.10 Å². The van der Waals surface area contributed by atoms with E-state index >= 15 is 0 Å². The molecule has 3 rings (SSSR count). The van der Waals surface area contributed by atoms with E-state index in [0.717, 1.165) is 23.4 Å². The number of benzene rings is 2. The second kappa shape index (κ2) is 7.97. The van der Waals surface area contributed by atoms with E-state index in [9.17, 15) is 4.79 Å². The third-order valence-electron chi connectivity index (χ3n) is 4.05. The van der Waals surface area contributed by atoms with Crippen LogP contribution in [-0.2, 0) is 17.8 Å². The van der Waals surface area contributed by atoms with Crippen molar-refractivity contribution in [2.24, 2.45) is 0 Å². The minimum Gasteiger partial charge on any atom is -0.497 e. The van der Waals surface area contributed by atoms with Crippen LogP contribution >= 0.6 is 12.2 Å². The Morgan fingerprint density at radius 1 is 1.19 bits per heavy atom. The Morgan fingerprint density at radius 3 is 2.50 bits per heavy atom. The third kappa shape index (κ3) is 4.00. The van der Waals surface area contributed by atoms with Crippen molar-refractivity contribution >= 4 is 23.8 Å². The minimum absolute atomic E-state index is 0.0756. The maximum Gasteiger partial charge on any atom is 0.244 e. The predicted octanol–water partition coefficient (Wildman–Crippen LogP) is 3.82. The van der Waals surface area contributed by atoms with Crippen LogP contribution in [0.4, 0.5) is 5.69 Å². The Balaban J connectivity index is 1.77. The fourth-order valence-electron chi connectivity index (χ4n) is 2.59. The number of ether oxygens (including phenoxy) is 1. The van der Waals surface area contributed by atoms with Crippen LogP contribution in [0, 0.1) is 4.77 Å². The summed E-state index contributed by atoms with van der Waals surface area (Å²) in [5, 5.41) is 9.89. The molecule has 2 aromatic carbocycles. The molecule has 6 nitrogen and oxygen atoms in total. The number of amides is 1. The molecular formula is C19H20N4O2S. The number of carbonyl (C=O) groups excluding carboxylic acids is 1. The van der Waals surface area contributed by atoms with E-state index in [-0.39, 0.29) is 12.5 Å². The third-order valence-corrected chi connectivity index (χ3v) is 4.37. The van der Waals surface area contributed by atoms with E-state index in [1.165, 1.54) is 5.56 Å². The molecule has 1 heterocycles. The number of rotatable bonds is 6. The second-order valence-electron chi connectivity index (χ2n) is 5.77. The molecule has 0 atom stereocenters. The van der Waals surface area contributed by atoms with Crippen LogP contribution in [0.25, 0.3) is 11.4 Å². The summed E-state index contributed by atoms with van der Waals surface area (Å²) in [4.78, 5) is 12.4. The number of aromatic nitrogens is 3. The number of aromatic amines is 1. The molecule has 1 aromatic heterocycles. The van der Waals surface area contributed by atoms with Crippen molar-refractivity contribution in [3.8, 4) is 17.1 Å². The second-order valence-corrected chi connectivity index (χ2v) is 6.15. The molecule has 2 N–H and O–H groups in total. The largest absolute Gasteiger partial charge is 0.497 e. The summed E-state index contributed by atoms with van der Waals surface area (Å²) in [6.45, 7) is 2.17. The molecule has 0 spiro atoms. The quantitative estimate of drug-likeness (QED) is 0.649. The number of nitrogens with one attached hydrogen (secondary N) is 2. The molecule has 0 radical (unpaired) electrons. The van der Waals surface area contributed by atoms with Crippen LogP contribution in [0.5, 0.6) is 5.75 Å². The van der Waals surface area contributed by atoms with Gasteiger partial charge < -0.3 is 10.1 Å². The molecule has 0 fully saturated rings. The molecule has 0 saturated heterocycles. The smallest absolute Gasteiger partial charge is 0.244 e. The van der Waals surface area contributed by atoms with E-state index < -0.39 is 0 Å². The lowest BCUT2D eigenvalue weighted by molar-refractivity contribution is -0.116. The van der Waals surface area contributed by atoms with Crippen molar-refractivity contribution in [3.05, 3.63) is 58.9 Å². The molecule has 1 amide bonds. The van der Waals surface area contributed by atoms with Gasteiger partial charge in [0.25, 0.3) is 0 Å². The number of anilines is 1. The van der Waals surface area contributed by atoms with Crippen LogP contribution in [0.1, 0.15) is 12.5 Å². The molecule has 0 aliphatic carbocycles. The Kier molecular flexibility index (Phi) is 5.48. The van der Waals surface area contributed by atoms with Crippen molar-refractivity contribution in [1.29, 1.82) is 0 Å². The summed E-state index contributed by atoms with van der Waals surface area (Å²) in [6.07, 6.45) is 0.962. The van der Waals surface area contributed by atoms with Gasteiger partial charge in [0.15, 0.2) is 10.6 Å². The maximum absolute atomic E-state index is 12.4. The molecule has 0 aliphatic rings. The highest BCUT2D eigenvalue weighted by atomic mass is 32.1. The standard InChI is InChI=1S/C19H20N4O2S/c1-3-13-4-8-15(9-5-13)20-17(24)12-23-18(21-22-19(23)26)14-6-10-16(25-2)11-7-14/h4-11H,3,12H2,1-2H3,(H,20,24)(H,22,26). The van der Waals surface area contributed by atoms with Crippen LogP contribution in [0.15, 0.2) is 48.5 Å². The zero-order valence-corrected chi connectivity index (χ0v) is 15.5. The number of carbonyl (C=O) groups is 1. The fraction of sp³-hybridized carbons (Fsp3) is 0.211. The average molecular weight is 368 g/mol. The van der Waals surface area contributed by atoms with Gasteiger partial charge in [-0.1, -0.05) is 19.1 Å². The van der Waals surface area contributed by atoms with Gasteiger partial charge in [-0.05, 0) is 60.6 Å². The van der Waals surface area contributed by atoms with Crippen molar-refractivity contribution in [1.82, 2.24) is 14.8 Å². The summed E-state index contributed by atoms with van der Waals surface area (Å²) >= 11 is 5.28. The first kappa shape index (κ1) is 17.9. The number of methoxy groups -OCH3 is 1. The lowest BCUT2D eigenvalue weighted by atomic mass is 10.1. The van der Waals surface area contributed by atoms with Gasteiger partial charge in [-0.3, -0.25) is 14.5 Å². The summed E-state index contributed by atoms with van der Waals surface area (Å²) in [6, 6.07) is 15.2. The molecular weight excluding hydrogens is 348 g/mol. The predicted molar refractivity (Wildman–Crippen MR) is 104 cm³/mol. The Morgan fingerprint density at radius 2 is 1.88 bits per heavy atom. The lowest BCUT2D eigenvalue weighted by Gasteiger charge is -2.09. The van der Waals surface area contributed by atoms with Gasteiger partial charge in [-0.15, -0.1) is 0 Å². The molecule has 0 bridgehead atoms. The number of hydrogen-bond donors (Lipinski definition) is 2. The first-order valence-corrected chi connectivity index (χ1v) is 8.70. The topological polar surface area (TPSA) is 71.9 Å². The molecule has 3 aromatic rings. The number of nitrogens with zero attached hydrogens (tertiary/aromatic N) is 2. The van der Waals surface area contributed by atoms with Crippen molar-refractivity contribution in [3.63, 3.8) is 0 Å². The van der Waals surface area contributed by atoms with Crippen molar-refractivity contribution < 1.29 is 9.53 Å². The van der Waals surface area contributed by atoms with E-state index in [2.05, 4.69) is 22.4 Å². The maximum atomic E-state index is 12.4. The minimum atomic E-state index is -0.165. The first-order valence-electron chi connectivity index (χ1n) is 8.29. The zero-order chi connectivity index (χ0) is 18.5. The van der Waals surface area contributed by atoms with Gasteiger partial charge in [0.2, 0.25) is 5.91 Å². The fourth-order valence-corrected chi connectivity index (χ4v) is 2.79. The highest BCUT2D eigenvalue weighted by Crippen LogP contribution is 2.21. The van der Waals surface area contributed by atoms with Gasteiger partial charge in [0.05, 0.1) is 7.11 Å². The zero-order valence-electron chi connectivity index (χ0n) is 14.7. The molecule has 134 valence electrons. The molecule has 0 aliphatic heterocycles. The lowest BCUT2D eigenvalue weighted by Crippen LogP contribution is -2.19. The SMILES string of the molecule is CCc1ccc(NC(=O)Cn2c(-c3ccc(OC)cc3)n[nH]c2=S)cc1. The molecule has 0 unspecified atom stereocenters. The normalized spacial score (nSPS) is 10.5. The van der Waals surface area contributed by atoms with Gasteiger partial charge in [0, 0.05) is 11.3 Å². The summed E-state index contributed by atoms with van der Waals surface area (Å²) < 4.78 is 7.24. The Bertz CT molecular complexity index is 943. The number of aryl methyl sites for hydroxylation is 1. The monoisotopic (exact) mass is 368 g/mol. The molecule has 26 heavy (non-hydrogen) atoms. The summed E-state index contributed by atoms with van der Waals surface area (Å²) in [5.41, 5.74) is 2.83. The van der Waals surface area contributed by atoms with Crippen molar-refractivity contribution in [2.75, 3.05) is 12.4 Å². The molecule has 7 heteroatoms. The van der Waals surface area contributed by atoms with Crippen LogP contribution in [-0.4, -0.2) is 27.8 Å². The van der Waals surface area contributed by atoms with Gasteiger partial charge in [0.1, 0.15) is 12.3 Å². The van der Waals surface area contributed by atoms with E-state index in [4.69, 9.17) is 17.0 Å². The first-order chi connectivity index (χ1) is 12.6. The summed E-state index contributed by atoms with van der Waals surface area (Å²) in [7, 11) is 1.61. The Hall–Kier alpha value is -2.93. The highest BCUT2D eigenvalue weighted by Gasteiger charge is 2.13. The van der Waals surface area contributed by atoms with E-state index in [0.29, 0.717) is 10.6 Å². The highest BCUT2D eigenvalue weighted by molar-refractivity contribution is 7.71. The average Bonchev–Trinajstić information content (AvgIpc) is 3.03. The van der Waals surface area contributed by atoms with E-state index in [1.807, 2.05) is 48.5 Å². The van der Waals surface area contributed by atoms with Crippen LogP contribution in [0.2, 0.25) is 0 Å². The summed E-state index contributed by atoms with van der Waals surface area (Å²) in [5.74, 6) is 1.19. The number of hydrogen-bond acceptors (Lipinski definition) is 4. The van der Waals surface area contributed by atoms with Crippen LogP contribution in [0.3, 0.4) is 0 Å². The van der Waals surface area contributed by atoms with Gasteiger partial charge >= 0.3 is 0 Å². The molecule has 0 saturated carbocycles. The Labute approximate surface area is 156 Å².